The topological polar surface area (TPSA) is 132 Å². The Morgan fingerprint density at radius 3 is 2.86 bits per heavy atom. The molecule has 1 amide bonds. The zero-order chi connectivity index (χ0) is 25.2. The summed E-state index contributed by atoms with van der Waals surface area (Å²) >= 11 is 0. The number of halogens is 1. The molecule has 12 heteroatoms. The molecule has 0 radical (unpaired) electrons. The molecule has 0 saturated carbocycles. The van der Waals surface area contributed by atoms with Gasteiger partial charge in [0.15, 0.2) is 5.82 Å². The Morgan fingerprint density at radius 2 is 2.11 bits per heavy atom. The second-order valence-corrected chi connectivity index (χ2v) is 8.45. The molecule has 1 saturated heterocycles. The number of benzene rings is 1. The van der Waals surface area contributed by atoms with Gasteiger partial charge >= 0.3 is 0 Å². The Bertz CT molecular complexity index is 1460. The lowest BCUT2D eigenvalue weighted by atomic mass is 10.1. The summed E-state index contributed by atoms with van der Waals surface area (Å²) in [7, 11) is 1.71. The lowest BCUT2D eigenvalue weighted by Crippen LogP contribution is -2.20. The van der Waals surface area contributed by atoms with E-state index in [0.717, 1.165) is 12.0 Å². The van der Waals surface area contributed by atoms with Gasteiger partial charge < -0.3 is 20.7 Å². The molecule has 4 aromatic rings. The van der Waals surface area contributed by atoms with Gasteiger partial charge in [-0.3, -0.25) is 9.48 Å². The van der Waals surface area contributed by atoms with Crippen LogP contribution in [0.4, 0.5) is 27.7 Å². The summed E-state index contributed by atoms with van der Waals surface area (Å²) in [6.07, 6.45) is 3.76. The van der Waals surface area contributed by atoms with E-state index in [-0.39, 0.29) is 23.1 Å². The van der Waals surface area contributed by atoms with Crippen LogP contribution in [0.5, 0.6) is 0 Å². The molecule has 0 spiro atoms. The molecule has 184 valence electrons. The smallest absolute Gasteiger partial charge is 0.256 e. The highest BCUT2D eigenvalue weighted by Crippen LogP contribution is 2.26. The average Bonchev–Trinajstić information content (AvgIpc) is 3.50. The predicted molar refractivity (Wildman–Crippen MR) is 134 cm³/mol. The standard InChI is InChI=1S/C24H24FN9O2/c1-13(2)17-9-20(34(3)33-17)31-23(35)14-4-5-16(25)18(8-14)30-22-21-19(27-12-28-22)10-26-24(32-21)29-15-6-7-36-11-15/h4-5,8-10,12,15H,1,6-7,11H2,2-3H3,(H,31,35)(H,26,29,32)(H,27,28,30). The van der Waals surface area contributed by atoms with E-state index >= 15 is 0 Å². The van der Waals surface area contributed by atoms with Gasteiger partial charge in [0.05, 0.1) is 30.2 Å². The zero-order valence-electron chi connectivity index (χ0n) is 19.7. The Morgan fingerprint density at radius 1 is 1.25 bits per heavy atom. The second kappa shape index (κ2) is 9.66. The third kappa shape index (κ3) is 4.84. The molecule has 3 aromatic heterocycles. The number of aryl methyl sites for hydroxylation is 1. The molecule has 3 N–H and O–H groups in total. The number of nitrogens with zero attached hydrogens (tertiary/aromatic N) is 6. The number of aromatic nitrogens is 6. The molecule has 1 aliphatic rings. The van der Waals surface area contributed by atoms with Crippen molar-refractivity contribution in [2.24, 2.45) is 7.05 Å². The number of nitrogens with one attached hydrogen (secondary N) is 3. The minimum absolute atomic E-state index is 0.0626. The van der Waals surface area contributed by atoms with Crippen LogP contribution in [0.15, 0.2) is 43.4 Å². The third-order valence-corrected chi connectivity index (χ3v) is 5.68. The van der Waals surface area contributed by atoms with Crippen molar-refractivity contribution < 1.29 is 13.9 Å². The summed E-state index contributed by atoms with van der Waals surface area (Å²) in [6.45, 7) is 6.95. The maximum Gasteiger partial charge on any atom is 0.256 e. The Balaban J connectivity index is 1.40. The van der Waals surface area contributed by atoms with E-state index < -0.39 is 11.7 Å². The largest absolute Gasteiger partial charge is 0.379 e. The first-order valence-electron chi connectivity index (χ1n) is 11.3. The van der Waals surface area contributed by atoms with Crippen LogP contribution in [0, 0.1) is 5.82 Å². The fourth-order valence-electron chi connectivity index (χ4n) is 3.72. The van der Waals surface area contributed by atoms with Crippen molar-refractivity contribution in [1.82, 2.24) is 29.7 Å². The summed E-state index contributed by atoms with van der Waals surface area (Å²) in [5.41, 5.74) is 2.64. The quantitative estimate of drug-likeness (QED) is 0.357. The van der Waals surface area contributed by atoms with E-state index in [4.69, 9.17) is 4.74 Å². The molecular weight excluding hydrogens is 465 g/mol. The summed E-state index contributed by atoms with van der Waals surface area (Å²) in [4.78, 5) is 30.1. The van der Waals surface area contributed by atoms with Crippen molar-refractivity contribution in [2.45, 2.75) is 19.4 Å². The summed E-state index contributed by atoms with van der Waals surface area (Å²) < 4.78 is 21.7. The first-order chi connectivity index (χ1) is 17.4. The molecule has 1 aromatic carbocycles. The first-order valence-corrected chi connectivity index (χ1v) is 11.3. The lowest BCUT2D eigenvalue weighted by Gasteiger charge is -2.13. The molecule has 36 heavy (non-hydrogen) atoms. The number of hydrogen-bond acceptors (Lipinski definition) is 9. The predicted octanol–water partition coefficient (Wildman–Crippen LogP) is 3.52. The highest BCUT2D eigenvalue weighted by atomic mass is 19.1. The number of hydrogen-bond donors (Lipinski definition) is 3. The number of fused-ring (bicyclic) bond motifs is 1. The number of anilines is 4. The number of carbonyl (C=O) groups excluding carboxylic acids is 1. The van der Waals surface area contributed by atoms with Crippen LogP contribution in [-0.2, 0) is 11.8 Å². The van der Waals surface area contributed by atoms with Gasteiger partial charge in [-0.05, 0) is 37.1 Å². The van der Waals surface area contributed by atoms with Gasteiger partial charge in [-0.2, -0.15) is 5.10 Å². The van der Waals surface area contributed by atoms with E-state index in [1.54, 1.807) is 24.0 Å². The molecule has 11 nitrogen and oxygen atoms in total. The molecule has 4 heterocycles. The maximum atomic E-state index is 14.7. The van der Waals surface area contributed by atoms with Crippen molar-refractivity contribution in [3.63, 3.8) is 0 Å². The van der Waals surface area contributed by atoms with Crippen molar-refractivity contribution in [2.75, 3.05) is 29.2 Å². The van der Waals surface area contributed by atoms with Gasteiger partial charge in [0, 0.05) is 25.3 Å². The summed E-state index contributed by atoms with van der Waals surface area (Å²) in [5.74, 6) is 0.188. The van der Waals surface area contributed by atoms with Gasteiger partial charge in [-0.25, -0.2) is 24.3 Å². The number of carbonyl (C=O) groups is 1. The number of allylic oxidation sites excluding steroid dienone is 1. The lowest BCUT2D eigenvalue weighted by molar-refractivity contribution is 0.102. The monoisotopic (exact) mass is 489 g/mol. The van der Waals surface area contributed by atoms with Crippen LogP contribution in [-0.4, -0.2) is 54.9 Å². The molecule has 5 rings (SSSR count). The normalized spacial score (nSPS) is 15.1. The van der Waals surface area contributed by atoms with Crippen LogP contribution in [0.1, 0.15) is 29.4 Å². The Kier molecular flexibility index (Phi) is 6.25. The van der Waals surface area contributed by atoms with E-state index in [1.165, 1.54) is 24.5 Å². The van der Waals surface area contributed by atoms with Gasteiger partial charge in [-0.1, -0.05) is 6.58 Å². The average molecular weight is 490 g/mol. The minimum atomic E-state index is -0.557. The van der Waals surface area contributed by atoms with Gasteiger partial charge in [-0.15, -0.1) is 0 Å². The van der Waals surface area contributed by atoms with Crippen molar-refractivity contribution in [3.8, 4) is 0 Å². The van der Waals surface area contributed by atoms with Gasteiger partial charge in [0.1, 0.15) is 29.0 Å². The molecule has 0 aliphatic carbocycles. The maximum absolute atomic E-state index is 14.7. The summed E-state index contributed by atoms with van der Waals surface area (Å²) in [5, 5.41) is 13.3. The number of rotatable bonds is 7. The van der Waals surface area contributed by atoms with Crippen molar-refractivity contribution in [1.29, 1.82) is 0 Å². The molecule has 1 fully saturated rings. The van der Waals surface area contributed by atoms with Crippen LogP contribution < -0.4 is 16.0 Å². The molecule has 1 unspecified atom stereocenters. The highest BCUT2D eigenvalue weighted by molar-refractivity contribution is 6.04. The molecule has 0 bridgehead atoms. The van der Waals surface area contributed by atoms with Crippen molar-refractivity contribution in [3.05, 3.63) is 60.4 Å². The zero-order valence-corrected chi connectivity index (χ0v) is 19.7. The van der Waals surface area contributed by atoms with Crippen LogP contribution in [0.3, 0.4) is 0 Å². The third-order valence-electron chi connectivity index (χ3n) is 5.68. The molecular formula is C24H24FN9O2. The van der Waals surface area contributed by atoms with E-state index in [0.29, 0.717) is 41.7 Å². The number of ether oxygens (including phenoxy) is 1. The first kappa shape index (κ1) is 23.3. The fourth-order valence-corrected chi connectivity index (χ4v) is 3.72. The SMILES string of the molecule is C=C(C)c1cc(NC(=O)c2ccc(F)c(Nc3ncnc4cnc(NC5CCOC5)nc34)c2)n(C)n1. The van der Waals surface area contributed by atoms with Crippen molar-refractivity contribution >= 4 is 45.8 Å². The second-order valence-electron chi connectivity index (χ2n) is 8.45. The minimum Gasteiger partial charge on any atom is -0.379 e. The Labute approximate surface area is 205 Å². The molecule has 1 aliphatic heterocycles. The van der Waals surface area contributed by atoms with Crippen LogP contribution in [0.2, 0.25) is 0 Å². The highest BCUT2D eigenvalue weighted by Gasteiger charge is 2.18. The van der Waals surface area contributed by atoms with Crippen LogP contribution in [0.25, 0.3) is 16.6 Å². The van der Waals surface area contributed by atoms with Crippen LogP contribution >= 0.6 is 0 Å². The number of amides is 1. The summed E-state index contributed by atoms with van der Waals surface area (Å²) in [6, 6.07) is 5.86. The van der Waals surface area contributed by atoms with Gasteiger partial charge in [0.2, 0.25) is 5.95 Å². The van der Waals surface area contributed by atoms with Gasteiger partial charge in [0.25, 0.3) is 5.91 Å². The Hall–Kier alpha value is -4.45. The van der Waals surface area contributed by atoms with E-state index in [9.17, 15) is 9.18 Å². The fraction of sp³-hybridized carbons (Fsp3) is 0.250. The molecule has 1 atom stereocenters. The van der Waals surface area contributed by atoms with E-state index in [1.807, 2.05) is 6.92 Å². The van der Waals surface area contributed by atoms with E-state index in [2.05, 4.69) is 47.6 Å².